The van der Waals surface area contributed by atoms with Gasteiger partial charge in [0.1, 0.15) is 24.7 Å². The standard InChI is InChI=1S/C37H40N2O2/c1-28-10-8-9-23-38(28)24-25-40-33-19-15-30(16-20-33)26-39-36-14-7-6-13-35(36)29(2)37(39)32-17-21-34(22-18-32)41-27-31-11-4-3-5-12-31/h3-7,11-22,28H,8-10,23-27H2,1-2H3. The molecule has 0 amide bonds. The van der Waals surface area contributed by atoms with E-state index in [-0.39, 0.29) is 0 Å². The van der Waals surface area contributed by atoms with Crippen LogP contribution < -0.4 is 9.47 Å². The Bertz CT molecular complexity index is 1560. The molecule has 1 aromatic heterocycles. The molecule has 1 aliphatic rings. The number of aromatic nitrogens is 1. The second-order valence-corrected chi connectivity index (χ2v) is 11.2. The number of piperidine rings is 1. The van der Waals surface area contributed by atoms with Crippen LogP contribution in [0.4, 0.5) is 0 Å². The van der Waals surface area contributed by atoms with Gasteiger partial charge in [0.15, 0.2) is 0 Å². The number of rotatable bonds is 10. The third-order valence-electron chi connectivity index (χ3n) is 8.45. The molecule has 4 nitrogen and oxygen atoms in total. The van der Waals surface area contributed by atoms with Crippen LogP contribution in [0.3, 0.4) is 0 Å². The second-order valence-electron chi connectivity index (χ2n) is 11.2. The number of aryl methyl sites for hydroxylation is 1. The Hall–Kier alpha value is -4.02. The summed E-state index contributed by atoms with van der Waals surface area (Å²) in [6.07, 6.45) is 3.96. The summed E-state index contributed by atoms with van der Waals surface area (Å²) in [6.45, 7) is 8.85. The first-order valence-electron chi connectivity index (χ1n) is 15.0. The van der Waals surface area contributed by atoms with Crippen LogP contribution in [0.5, 0.6) is 11.5 Å². The van der Waals surface area contributed by atoms with Crippen molar-refractivity contribution in [1.82, 2.24) is 9.47 Å². The van der Waals surface area contributed by atoms with Crippen molar-refractivity contribution in [2.75, 3.05) is 19.7 Å². The van der Waals surface area contributed by atoms with E-state index in [0.29, 0.717) is 12.6 Å². The minimum atomic E-state index is 0.566. The van der Waals surface area contributed by atoms with E-state index in [1.54, 1.807) is 0 Å². The molecule has 210 valence electrons. The lowest BCUT2D eigenvalue weighted by atomic mass is 10.0. The first-order chi connectivity index (χ1) is 20.2. The summed E-state index contributed by atoms with van der Waals surface area (Å²) in [6, 6.07) is 36.8. The van der Waals surface area contributed by atoms with Gasteiger partial charge in [-0.3, -0.25) is 4.90 Å². The lowest BCUT2D eigenvalue weighted by Gasteiger charge is -2.33. The maximum Gasteiger partial charge on any atom is 0.119 e. The van der Waals surface area contributed by atoms with Crippen molar-refractivity contribution in [1.29, 1.82) is 0 Å². The normalized spacial score (nSPS) is 15.7. The third kappa shape index (κ3) is 6.34. The highest BCUT2D eigenvalue weighted by molar-refractivity contribution is 5.91. The van der Waals surface area contributed by atoms with Crippen molar-refractivity contribution in [3.63, 3.8) is 0 Å². The molecular formula is C37H40N2O2. The fourth-order valence-electron chi connectivity index (χ4n) is 6.11. The molecule has 0 N–H and O–H groups in total. The van der Waals surface area contributed by atoms with Gasteiger partial charge in [0.25, 0.3) is 0 Å². The minimum absolute atomic E-state index is 0.566. The fraction of sp³-hybridized carbons (Fsp3) is 0.297. The molecule has 0 aliphatic carbocycles. The van der Waals surface area contributed by atoms with Crippen molar-refractivity contribution in [2.24, 2.45) is 0 Å². The van der Waals surface area contributed by atoms with E-state index < -0.39 is 0 Å². The van der Waals surface area contributed by atoms with Crippen molar-refractivity contribution < 1.29 is 9.47 Å². The van der Waals surface area contributed by atoms with E-state index in [4.69, 9.17) is 9.47 Å². The zero-order chi connectivity index (χ0) is 28.0. The van der Waals surface area contributed by atoms with E-state index in [0.717, 1.165) is 31.2 Å². The number of para-hydroxylation sites is 1. The molecule has 1 aliphatic heterocycles. The molecule has 6 rings (SSSR count). The predicted molar refractivity (Wildman–Crippen MR) is 169 cm³/mol. The predicted octanol–water partition coefficient (Wildman–Crippen LogP) is 8.50. The molecule has 1 unspecified atom stereocenters. The minimum Gasteiger partial charge on any atom is -0.492 e. The molecule has 0 bridgehead atoms. The SMILES string of the molecule is Cc1c(-c2ccc(OCc3ccccc3)cc2)n(Cc2ccc(OCCN3CCCCC3C)cc2)c2ccccc12. The summed E-state index contributed by atoms with van der Waals surface area (Å²) in [7, 11) is 0. The molecule has 41 heavy (non-hydrogen) atoms. The third-order valence-corrected chi connectivity index (χ3v) is 8.45. The summed E-state index contributed by atoms with van der Waals surface area (Å²) >= 11 is 0. The van der Waals surface area contributed by atoms with Crippen molar-refractivity contribution in [2.45, 2.75) is 52.3 Å². The number of nitrogens with zero attached hydrogens (tertiary/aromatic N) is 2. The zero-order valence-corrected chi connectivity index (χ0v) is 24.3. The Labute approximate surface area is 244 Å². The highest BCUT2D eigenvalue weighted by Gasteiger charge is 2.18. The van der Waals surface area contributed by atoms with Crippen LogP contribution in [0, 0.1) is 6.92 Å². The fourth-order valence-corrected chi connectivity index (χ4v) is 6.11. The summed E-state index contributed by atoms with van der Waals surface area (Å²) in [5.41, 5.74) is 7.41. The molecule has 0 radical (unpaired) electrons. The van der Waals surface area contributed by atoms with Gasteiger partial charge in [0, 0.05) is 30.0 Å². The molecule has 4 aromatic carbocycles. The van der Waals surface area contributed by atoms with Crippen LogP contribution >= 0.6 is 0 Å². The number of likely N-dealkylation sites (tertiary alicyclic amines) is 1. The van der Waals surface area contributed by atoms with E-state index in [2.05, 4.69) is 108 Å². The number of benzene rings is 4. The Morgan fingerprint density at radius 3 is 2.22 bits per heavy atom. The first-order valence-corrected chi connectivity index (χ1v) is 15.0. The number of hydrogen-bond acceptors (Lipinski definition) is 3. The van der Waals surface area contributed by atoms with E-state index >= 15 is 0 Å². The van der Waals surface area contributed by atoms with Crippen molar-refractivity contribution >= 4 is 10.9 Å². The largest absolute Gasteiger partial charge is 0.492 e. The number of fused-ring (bicyclic) bond motifs is 1. The van der Waals surface area contributed by atoms with Gasteiger partial charge in [0.05, 0.1) is 5.69 Å². The maximum atomic E-state index is 6.13. The molecule has 1 atom stereocenters. The summed E-state index contributed by atoms with van der Waals surface area (Å²) in [5.74, 6) is 1.82. The molecular weight excluding hydrogens is 504 g/mol. The van der Waals surface area contributed by atoms with Crippen LogP contribution in [0.2, 0.25) is 0 Å². The van der Waals surface area contributed by atoms with Crippen LogP contribution in [0.25, 0.3) is 22.2 Å². The molecule has 2 heterocycles. The van der Waals surface area contributed by atoms with E-state index in [9.17, 15) is 0 Å². The molecule has 4 heteroatoms. The number of ether oxygens (including phenoxy) is 2. The Kier molecular flexibility index (Phi) is 8.39. The molecule has 0 spiro atoms. The topological polar surface area (TPSA) is 26.6 Å². The lowest BCUT2D eigenvalue weighted by molar-refractivity contribution is 0.133. The average molecular weight is 545 g/mol. The number of hydrogen-bond donors (Lipinski definition) is 0. The van der Waals surface area contributed by atoms with Gasteiger partial charge in [0.2, 0.25) is 0 Å². The van der Waals surface area contributed by atoms with Gasteiger partial charge >= 0.3 is 0 Å². The van der Waals surface area contributed by atoms with Gasteiger partial charge < -0.3 is 14.0 Å². The van der Waals surface area contributed by atoms with Crippen molar-refractivity contribution in [3.05, 3.63) is 120 Å². The van der Waals surface area contributed by atoms with Gasteiger partial charge in [-0.25, -0.2) is 0 Å². The Morgan fingerprint density at radius 2 is 1.44 bits per heavy atom. The van der Waals surface area contributed by atoms with Gasteiger partial charge in [-0.05, 0) is 98.0 Å². The summed E-state index contributed by atoms with van der Waals surface area (Å²) in [4.78, 5) is 2.56. The zero-order valence-electron chi connectivity index (χ0n) is 24.3. The smallest absolute Gasteiger partial charge is 0.119 e. The molecule has 0 saturated carbocycles. The first kappa shape index (κ1) is 27.2. The van der Waals surface area contributed by atoms with Crippen molar-refractivity contribution in [3.8, 4) is 22.8 Å². The van der Waals surface area contributed by atoms with Crippen LogP contribution in [-0.2, 0) is 13.2 Å². The molecule has 1 saturated heterocycles. The molecule has 1 fully saturated rings. The van der Waals surface area contributed by atoms with Gasteiger partial charge in [-0.2, -0.15) is 0 Å². The van der Waals surface area contributed by atoms with Gasteiger partial charge in [-0.1, -0.05) is 67.1 Å². The molecule has 5 aromatic rings. The van der Waals surface area contributed by atoms with Crippen LogP contribution in [0.1, 0.15) is 42.9 Å². The lowest BCUT2D eigenvalue weighted by Crippen LogP contribution is -2.39. The summed E-state index contributed by atoms with van der Waals surface area (Å²) < 4.78 is 14.6. The van der Waals surface area contributed by atoms with E-state index in [1.165, 1.54) is 64.7 Å². The highest BCUT2D eigenvalue weighted by Crippen LogP contribution is 2.35. The van der Waals surface area contributed by atoms with Gasteiger partial charge in [-0.15, -0.1) is 0 Å². The highest BCUT2D eigenvalue weighted by atomic mass is 16.5. The average Bonchev–Trinajstić information content (AvgIpc) is 3.29. The second kappa shape index (κ2) is 12.7. The van der Waals surface area contributed by atoms with Crippen LogP contribution in [-0.4, -0.2) is 35.2 Å². The maximum absolute atomic E-state index is 6.13. The summed E-state index contributed by atoms with van der Waals surface area (Å²) in [5, 5.41) is 1.29. The quantitative estimate of drug-likeness (QED) is 0.176. The Balaban J connectivity index is 1.17. The monoisotopic (exact) mass is 544 g/mol. The van der Waals surface area contributed by atoms with Crippen LogP contribution in [0.15, 0.2) is 103 Å². The Morgan fingerprint density at radius 1 is 0.732 bits per heavy atom. The van der Waals surface area contributed by atoms with E-state index in [1.807, 2.05) is 18.2 Å².